The van der Waals surface area contributed by atoms with Gasteiger partial charge in [0.25, 0.3) is 0 Å². The van der Waals surface area contributed by atoms with Gasteiger partial charge in [-0.05, 0) is 42.3 Å². The van der Waals surface area contributed by atoms with Gasteiger partial charge in [-0.3, -0.25) is 0 Å². The van der Waals surface area contributed by atoms with Gasteiger partial charge < -0.3 is 29.6 Å². The summed E-state index contributed by atoms with van der Waals surface area (Å²) >= 11 is 0. The predicted molar refractivity (Wildman–Crippen MR) is 111 cm³/mol. The van der Waals surface area contributed by atoms with Gasteiger partial charge in [0.1, 0.15) is 0 Å². The summed E-state index contributed by atoms with van der Waals surface area (Å²) in [5.41, 5.74) is 1.69. The highest BCUT2D eigenvalue weighted by Crippen LogP contribution is 2.30. The highest BCUT2D eigenvalue weighted by Gasteiger charge is 2.11. The Bertz CT molecular complexity index is 847. The Kier molecular flexibility index (Phi) is 8.99. The van der Waals surface area contributed by atoms with Crippen molar-refractivity contribution in [1.29, 1.82) is 0 Å². The molecule has 0 radical (unpaired) electrons. The first-order valence-corrected chi connectivity index (χ1v) is 9.35. The van der Waals surface area contributed by atoms with E-state index in [4.69, 9.17) is 14.2 Å². The monoisotopic (exact) mass is 423 g/mol. The summed E-state index contributed by atoms with van der Waals surface area (Å²) < 4.78 is 45.3. The minimum atomic E-state index is -2.93. The molecule has 0 spiro atoms. The molecule has 0 aliphatic rings. The van der Waals surface area contributed by atoms with Crippen LogP contribution in [0.25, 0.3) is 0 Å². The molecule has 2 rings (SSSR count). The molecule has 0 atom stereocenters. The quantitative estimate of drug-likeness (QED) is 0.450. The first-order valence-electron chi connectivity index (χ1n) is 9.35. The van der Waals surface area contributed by atoms with Crippen LogP contribution >= 0.6 is 0 Å². The third-order valence-corrected chi connectivity index (χ3v) is 4.12. The zero-order chi connectivity index (χ0) is 21.9. The molecular formula is C21H27F2N3O4. The first kappa shape index (κ1) is 23.1. The maximum absolute atomic E-state index is 12.6. The summed E-state index contributed by atoms with van der Waals surface area (Å²) in [6.45, 7) is 0.466. The minimum Gasteiger partial charge on any atom is -0.493 e. The molecule has 0 saturated heterocycles. The number of alkyl halides is 2. The Morgan fingerprint density at radius 1 is 0.867 bits per heavy atom. The molecular weight excluding hydrogens is 396 g/mol. The van der Waals surface area contributed by atoms with Crippen molar-refractivity contribution >= 4 is 5.96 Å². The number of nitrogens with zero attached hydrogens (tertiary/aromatic N) is 1. The van der Waals surface area contributed by atoms with Crippen molar-refractivity contribution in [2.24, 2.45) is 4.99 Å². The topological polar surface area (TPSA) is 73.3 Å². The van der Waals surface area contributed by atoms with Crippen LogP contribution in [0.4, 0.5) is 8.78 Å². The van der Waals surface area contributed by atoms with Crippen molar-refractivity contribution in [3.8, 4) is 23.0 Å². The van der Waals surface area contributed by atoms with Gasteiger partial charge in [0.05, 0.1) is 27.9 Å². The van der Waals surface area contributed by atoms with Crippen LogP contribution in [0.3, 0.4) is 0 Å². The summed E-state index contributed by atoms with van der Waals surface area (Å²) in [4.78, 5) is 4.51. The molecule has 164 valence electrons. The van der Waals surface area contributed by atoms with Crippen LogP contribution in [-0.4, -0.2) is 40.4 Å². The van der Waals surface area contributed by atoms with Crippen molar-refractivity contribution in [2.45, 2.75) is 26.6 Å². The van der Waals surface area contributed by atoms with Crippen LogP contribution in [0, 0.1) is 0 Å². The van der Waals surface area contributed by atoms with Gasteiger partial charge in [-0.1, -0.05) is 12.1 Å². The van der Waals surface area contributed by atoms with Crippen molar-refractivity contribution in [2.75, 3.05) is 27.9 Å². The van der Waals surface area contributed by atoms with E-state index in [0.29, 0.717) is 36.1 Å². The van der Waals surface area contributed by atoms with E-state index in [0.717, 1.165) is 5.56 Å². The number of halogens is 2. The van der Waals surface area contributed by atoms with Gasteiger partial charge in [0, 0.05) is 13.1 Å². The molecule has 30 heavy (non-hydrogen) atoms. The highest BCUT2D eigenvalue weighted by atomic mass is 19.3. The summed E-state index contributed by atoms with van der Waals surface area (Å²) in [6, 6.07) is 10.5. The molecule has 0 aliphatic carbocycles. The predicted octanol–water partition coefficient (Wildman–Crippen LogP) is 3.57. The summed E-state index contributed by atoms with van der Waals surface area (Å²) in [6.07, 6.45) is 0. The van der Waals surface area contributed by atoms with E-state index < -0.39 is 6.61 Å². The molecule has 2 N–H and O–H groups in total. The van der Waals surface area contributed by atoms with Crippen molar-refractivity contribution in [1.82, 2.24) is 10.6 Å². The average molecular weight is 423 g/mol. The fourth-order valence-electron chi connectivity index (χ4n) is 2.70. The van der Waals surface area contributed by atoms with E-state index in [1.54, 1.807) is 26.4 Å². The number of benzene rings is 2. The van der Waals surface area contributed by atoms with E-state index >= 15 is 0 Å². The van der Waals surface area contributed by atoms with Crippen LogP contribution in [0.15, 0.2) is 41.4 Å². The summed E-state index contributed by atoms with van der Waals surface area (Å²) in [7, 11) is 4.57. The van der Waals surface area contributed by atoms with Gasteiger partial charge >= 0.3 is 6.61 Å². The second-order valence-electron chi connectivity index (χ2n) is 6.10. The molecule has 0 unspecified atom stereocenters. The van der Waals surface area contributed by atoms with Crippen LogP contribution in [0.5, 0.6) is 23.0 Å². The van der Waals surface area contributed by atoms with E-state index in [-0.39, 0.29) is 18.0 Å². The second kappa shape index (κ2) is 11.7. The molecule has 0 fully saturated rings. The maximum Gasteiger partial charge on any atom is 0.387 e. The van der Waals surface area contributed by atoms with E-state index in [2.05, 4.69) is 20.4 Å². The fourth-order valence-corrected chi connectivity index (χ4v) is 2.70. The molecule has 0 bridgehead atoms. The Morgan fingerprint density at radius 3 is 2.07 bits per heavy atom. The molecule has 0 heterocycles. The van der Waals surface area contributed by atoms with Crippen LogP contribution in [0.2, 0.25) is 0 Å². The zero-order valence-electron chi connectivity index (χ0n) is 17.5. The Morgan fingerprint density at radius 2 is 1.47 bits per heavy atom. The third-order valence-electron chi connectivity index (χ3n) is 4.12. The van der Waals surface area contributed by atoms with E-state index in [9.17, 15) is 8.78 Å². The van der Waals surface area contributed by atoms with Crippen molar-refractivity contribution in [3.05, 3.63) is 47.5 Å². The molecule has 2 aromatic carbocycles. The molecule has 2 aromatic rings. The van der Waals surface area contributed by atoms with Crippen LogP contribution in [-0.2, 0) is 13.1 Å². The molecule has 9 heteroatoms. The number of rotatable bonds is 10. The minimum absolute atomic E-state index is 0.0245. The normalized spacial score (nSPS) is 11.2. The molecule has 0 aliphatic heterocycles. The van der Waals surface area contributed by atoms with Gasteiger partial charge in [-0.2, -0.15) is 8.78 Å². The third kappa shape index (κ3) is 6.68. The first-order chi connectivity index (χ1) is 14.5. The van der Waals surface area contributed by atoms with Gasteiger partial charge in [-0.25, -0.2) is 4.99 Å². The SMILES string of the molecule is CCNC(=NCc1ccc(OC)c(OC(F)F)c1)NCc1ccc(OC)c(OC)c1. The van der Waals surface area contributed by atoms with Crippen LogP contribution < -0.4 is 29.6 Å². The molecule has 7 nitrogen and oxygen atoms in total. The number of nitrogens with one attached hydrogen (secondary N) is 2. The number of hydrogen-bond donors (Lipinski definition) is 2. The smallest absolute Gasteiger partial charge is 0.387 e. The lowest BCUT2D eigenvalue weighted by atomic mass is 10.2. The lowest BCUT2D eigenvalue weighted by Crippen LogP contribution is -2.36. The lowest BCUT2D eigenvalue weighted by molar-refractivity contribution is -0.0512. The molecule has 0 aromatic heterocycles. The number of hydrogen-bond acceptors (Lipinski definition) is 5. The summed E-state index contributed by atoms with van der Waals surface area (Å²) in [5.74, 6) is 2.09. The van der Waals surface area contributed by atoms with E-state index in [1.165, 1.54) is 13.2 Å². The number of methoxy groups -OCH3 is 3. The van der Waals surface area contributed by atoms with Gasteiger partial charge in [-0.15, -0.1) is 0 Å². The fraction of sp³-hybridized carbons (Fsp3) is 0.381. The average Bonchev–Trinajstić information content (AvgIpc) is 2.75. The molecule has 0 amide bonds. The Balaban J connectivity index is 2.09. The zero-order valence-corrected chi connectivity index (χ0v) is 17.5. The number of aliphatic imine (C=N–C) groups is 1. The van der Waals surface area contributed by atoms with E-state index in [1.807, 2.05) is 25.1 Å². The maximum atomic E-state index is 12.6. The molecule has 0 saturated carbocycles. The Labute approximate surface area is 175 Å². The van der Waals surface area contributed by atoms with Crippen molar-refractivity contribution in [3.63, 3.8) is 0 Å². The highest BCUT2D eigenvalue weighted by molar-refractivity contribution is 5.79. The lowest BCUT2D eigenvalue weighted by Gasteiger charge is -2.14. The number of ether oxygens (including phenoxy) is 4. The summed E-state index contributed by atoms with van der Waals surface area (Å²) in [5, 5.41) is 6.38. The second-order valence-corrected chi connectivity index (χ2v) is 6.10. The van der Waals surface area contributed by atoms with Gasteiger partial charge in [0.15, 0.2) is 29.0 Å². The van der Waals surface area contributed by atoms with Crippen molar-refractivity contribution < 1.29 is 27.7 Å². The Hall–Kier alpha value is -3.23. The standard InChI is InChI=1S/C21H27F2N3O4/c1-5-24-21(25-12-14-6-8-16(27-2)18(10-14)29-4)26-13-15-7-9-17(28-3)19(11-15)30-20(22)23/h6-11,20H,5,12-13H2,1-4H3,(H2,24,25,26). The van der Waals surface area contributed by atoms with Crippen LogP contribution in [0.1, 0.15) is 18.1 Å². The number of guanidine groups is 1. The largest absolute Gasteiger partial charge is 0.493 e. The van der Waals surface area contributed by atoms with Gasteiger partial charge in [0.2, 0.25) is 0 Å².